The standard InChI is InChI=1S/C10H17O/c1-3-7(2)8-4-5-9-10(6-8)11-9/h7-10H,2-6H2,1H3. The summed E-state index contributed by atoms with van der Waals surface area (Å²) in [5.41, 5.74) is 0. The predicted octanol–water partition coefficient (Wildman–Crippen LogP) is 2.41. The highest BCUT2D eigenvalue weighted by atomic mass is 16.6. The molecule has 1 heterocycles. The summed E-state index contributed by atoms with van der Waals surface area (Å²) >= 11 is 0. The zero-order valence-corrected chi connectivity index (χ0v) is 7.25. The van der Waals surface area contributed by atoms with Crippen LogP contribution in [0, 0.1) is 18.8 Å². The monoisotopic (exact) mass is 153 g/mol. The van der Waals surface area contributed by atoms with Gasteiger partial charge in [-0.15, -0.1) is 0 Å². The van der Waals surface area contributed by atoms with Gasteiger partial charge in [-0.05, 0) is 38.0 Å². The van der Waals surface area contributed by atoms with Crippen LogP contribution in [-0.2, 0) is 4.74 Å². The third-order valence-electron chi connectivity index (χ3n) is 3.24. The van der Waals surface area contributed by atoms with Crippen LogP contribution in [0.25, 0.3) is 0 Å². The van der Waals surface area contributed by atoms with Crippen LogP contribution in [0.1, 0.15) is 32.6 Å². The van der Waals surface area contributed by atoms with Crippen molar-refractivity contribution in [3.05, 3.63) is 6.92 Å². The fraction of sp³-hybridized carbons (Fsp3) is 0.900. The Labute approximate surface area is 69.1 Å². The van der Waals surface area contributed by atoms with E-state index in [2.05, 4.69) is 13.8 Å². The molecule has 0 aromatic rings. The SMILES string of the molecule is [CH2]C(CC)C1CCC2OC2C1. The lowest BCUT2D eigenvalue weighted by atomic mass is 9.80. The molecule has 1 nitrogen and oxygen atoms in total. The summed E-state index contributed by atoms with van der Waals surface area (Å²) in [6, 6.07) is 0. The maximum absolute atomic E-state index is 5.47. The molecule has 63 valence electrons. The van der Waals surface area contributed by atoms with Crippen LogP contribution < -0.4 is 0 Å². The van der Waals surface area contributed by atoms with Crippen molar-refractivity contribution in [1.82, 2.24) is 0 Å². The van der Waals surface area contributed by atoms with Gasteiger partial charge in [-0.25, -0.2) is 0 Å². The van der Waals surface area contributed by atoms with Gasteiger partial charge in [-0.1, -0.05) is 13.3 Å². The van der Waals surface area contributed by atoms with Gasteiger partial charge in [0.2, 0.25) is 0 Å². The maximum atomic E-state index is 5.47. The second kappa shape index (κ2) is 2.78. The van der Waals surface area contributed by atoms with Crippen molar-refractivity contribution in [2.24, 2.45) is 11.8 Å². The molecule has 0 N–H and O–H groups in total. The first kappa shape index (κ1) is 7.60. The molecule has 1 saturated carbocycles. The van der Waals surface area contributed by atoms with Crippen LogP contribution >= 0.6 is 0 Å². The fourth-order valence-electron chi connectivity index (χ4n) is 2.20. The average Bonchev–Trinajstić information content (AvgIpc) is 2.80. The third kappa shape index (κ3) is 1.44. The third-order valence-corrected chi connectivity index (χ3v) is 3.24. The Hall–Kier alpha value is -0.0400. The summed E-state index contributed by atoms with van der Waals surface area (Å²) in [4.78, 5) is 0. The number of rotatable bonds is 2. The Balaban J connectivity index is 1.84. The number of hydrogen-bond donors (Lipinski definition) is 0. The molecular weight excluding hydrogens is 136 g/mol. The minimum Gasteiger partial charge on any atom is -0.370 e. The molecular formula is C10H17O. The van der Waals surface area contributed by atoms with E-state index < -0.39 is 0 Å². The zero-order valence-electron chi connectivity index (χ0n) is 7.25. The van der Waals surface area contributed by atoms with E-state index in [-0.39, 0.29) is 0 Å². The van der Waals surface area contributed by atoms with Crippen LogP contribution in [-0.4, -0.2) is 12.2 Å². The lowest BCUT2D eigenvalue weighted by Gasteiger charge is -2.24. The minimum absolute atomic E-state index is 0.629. The quantitative estimate of drug-likeness (QED) is 0.555. The molecule has 0 spiro atoms. The molecule has 1 aliphatic heterocycles. The number of fused-ring (bicyclic) bond motifs is 1. The Morgan fingerprint density at radius 1 is 1.45 bits per heavy atom. The van der Waals surface area contributed by atoms with E-state index in [0.29, 0.717) is 18.1 Å². The van der Waals surface area contributed by atoms with E-state index in [1.54, 1.807) is 0 Å². The zero-order chi connectivity index (χ0) is 7.84. The Morgan fingerprint density at radius 2 is 2.27 bits per heavy atom. The van der Waals surface area contributed by atoms with E-state index in [0.717, 1.165) is 5.92 Å². The van der Waals surface area contributed by atoms with Crippen LogP contribution in [0.2, 0.25) is 0 Å². The van der Waals surface area contributed by atoms with Crippen molar-refractivity contribution in [2.45, 2.75) is 44.8 Å². The van der Waals surface area contributed by atoms with Crippen LogP contribution in [0.5, 0.6) is 0 Å². The van der Waals surface area contributed by atoms with Gasteiger partial charge < -0.3 is 4.74 Å². The minimum atomic E-state index is 0.629. The Kier molecular flexibility index (Phi) is 1.92. The van der Waals surface area contributed by atoms with Crippen molar-refractivity contribution in [1.29, 1.82) is 0 Å². The molecule has 0 aromatic heterocycles. The van der Waals surface area contributed by atoms with E-state index in [4.69, 9.17) is 4.74 Å². The second-order valence-corrected chi connectivity index (χ2v) is 3.95. The normalized spacial score (nSPS) is 44.7. The number of hydrogen-bond acceptors (Lipinski definition) is 1. The first-order valence-corrected chi connectivity index (χ1v) is 4.79. The van der Waals surface area contributed by atoms with Gasteiger partial charge in [0.1, 0.15) is 0 Å². The molecule has 0 amide bonds. The van der Waals surface area contributed by atoms with Crippen molar-refractivity contribution in [3.8, 4) is 0 Å². The topological polar surface area (TPSA) is 12.5 Å². The summed E-state index contributed by atoms with van der Waals surface area (Å²) < 4.78 is 5.47. The Morgan fingerprint density at radius 3 is 2.91 bits per heavy atom. The van der Waals surface area contributed by atoms with Gasteiger partial charge in [-0.3, -0.25) is 0 Å². The van der Waals surface area contributed by atoms with E-state index >= 15 is 0 Å². The fourth-order valence-corrected chi connectivity index (χ4v) is 2.20. The molecule has 1 radical (unpaired) electrons. The van der Waals surface area contributed by atoms with Crippen LogP contribution in [0.15, 0.2) is 0 Å². The van der Waals surface area contributed by atoms with E-state index in [1.165, 1.54) is 25.7 Å². The first-order chi connectivity index (χ1) is 5.31. The van der Waals surface area contributed by atoms with E-state index in [1.807, 2.05) is 0 Å². The van der Waals surface area contributed by atoms with Crippen molar-refractivity contribution in [2.75, 3.05) is 0 Å². The second-order valence-electron chi connectivity index (χ2n) is 3.95. The molecule has 11 heavy (non-hydrogen) atoms. The summed E-state index contributed by atoms with van der Waals surface area (Å²) in [6.07, 6.45) is 6.43. The number of ether oxygens (including phenoxy) is 1. The molecule has 4 unspecified atom stereocenters. The lowest BCUT2D eigenvalue weighted by molar-refractivity contribution is 0.296. The summed E-state index contributed by atoms with van der Waals surface area (Å²) in [5.74, 6) is 1.52. The smallest absolute Gasteiger partial charge is 0.0844 e. The first-order valence-electron chi connectivity index (χ1n) is 4.79. The molecule has 2 fully saturated rings. The Bertz CT molecular complexity index is 144. The van der Waals surface area contributed by atoms with Gasteiger partial charge in [0.15, 0.2) is 0 Å². The molecule has 1 heteroatoms. The van der Waals surface area contributed by atoms with Gasteiger partial charge in [0, 0.05) is 0 Å². The molecule has 2 rings (SSSR count). The highest BCUT2D eigenvalue weighted by molar-refractivity contribution is 4.93. The highest BCUT2D eigenvalue weighted by Gasteiger charge is 2.44. The van der Waals surface area contributed by atoms with Gasteiger partial charge in [0.05, 0.1) is 12.2 Å². The van der Waals surface area contributed by atoms with Gasteiger partial charge >= 0.3 is 0 Å². The van der Waals surface area contributed by atoms with Crippen LogP contribution in [0.4, 0.5) is 0 Å². The molecule has 1 saturated heterocycles. The number of epoxide rings is 1. The maximum Gasteiger partial charge on any atom is 0.0844 e. The lowest BCUT2D eigenvalue weighted by Crippen LogP contribution is -2.19. The van der Waals surface area contributed by atoms with E-state index in [9.17, 15) is 0 Å². The molecule has 1 aliphatic carbocycles. The predicted molar refractivity (Wildman–Crippen MR) is 45.1 cm³/mol. The van der Waals surface area contributed by atoms with Crippen molar-refractivity contribution in [3.63, 3.8) is 0 Å². The highest BCUT2D eigenvalue weighted by Crippen LogP contribution is 2.42. The van der Waals surface area contributed by atoms with Crippen molar-refractivity contribution < 1.29 is 4.74 Å². The molecule has 0 aromatic carbocycles. The summed E-state index contributed by atoms with van der Waals surface area (Å²) in [6.45, 7) is 6.41. The average molecular weight is 153 g/mol. The summed E-state index contributed by atoms with van der Waals surface area (Å²) in [5, 5.41) is 0. The summed E-state index contributed by atoms with van der Waals surface area (Å²) in [7, 11) is 0. The molecule has 0 bridgehead atoms. The van der Waals surface area contributed by atoms with Crippen LogP contribution in [0.3, 0.4) is 0 Å². The van der Waals surface area contributed by atoms with Gasteiger partial charge in [0.25, 0.3) is 0 Å². The van der Waals surface area contributed by atoms with Gasteiger partial charge in [-0.2, -0.15) is 0 Å². The van der Waals surface area contributed by atoms with Crippen molar-refractivity contribution >= 4 is 0 Å². The molecule has 4 atom stereocenters. The largest absolute Gasteiger partial charge is 0.370 e. The molecule has 2 aliphatic rings.